The molecular weight excluding hydrogens is 298 g/mol. The number of rotatable bonds is 4. The van der Waals surface area contributed by atoms with Crippen molar-refractivity contribution in [3.05, 3.63) is 34.6 Å². The topological polar surface area (TPSA) is 15.3 Å². The van der Waals surface area contributed by atoms with Crippen LogP contribution >= 0.6 is 24.0 Å². The number of hydrogen-bond donors (Lipinski definition) is 1. The Balaban J connectivity index is 0.00000200. The molecule has 20 heavy (non-hydrogen) atoms. The van der Waals surface area contributed by atoms with E-state index in [-0.39, 0.29) is 29.3 Å². The summed E-state index contributed by atoms with van der Waals surface area (Å²) in [4.78, 5) is 2.44. The monoisotopic (exact) mass is 320 g/mol. The summed E-state index contributed by atoms with van der Waals surface area (Å²) in [7, 11) is 0. The van der Waals surface area contributed by atoms with Gasteiger partial charge in [-0.25, -0.2) is 4.39 Å². The van der Waals surface area contributed by atoms with Crippen LogP contribution in [0.1, 0.15) is 31.9 Å². The largest absolute Gasteiger partial charge is 0.314 e. The summed E-state index contributed by atoms with van der Waals surface area (Å²) in [5.74, 6) is 0.265. The standard InChI is InChI=1S/C15H22ClFN2.ClH/c1-11(2)9-15(19-7-5-18-6-8-19)12-3-4-13(16)14(17)10-12;/h3-4,10-11,15,18H,5-9H2,1-2H3;1H/t15-;/m0./s1. The Labute approximate surface area is 132 Å². The molecule has 0 bridgehead atoms. The minimum absolute atomic E-state index is 0. The van der Waals surface area contributed by atoms with Gasteiger partial charge in [0, 0.05) is 32.2 Å². The Morgan fingerprint density at radius 2 is 1.95 bits per heavy atom. The molecule has 1 aliphatic rings. The maximum absolute atomic E-state index is 13.7. The van der Waals surface area contributed by atoms with E-state index in [9.17, 15) is 4.39 Å². The highest BCUT2D eigenvalue weighted by molar-refractivity contribution is 6.30. The van der Waals surface area contributed by atoms with E-state index in [1.807, 2.05) is 6.07 Å². The summed E-state index contributed by atoms with van der Waals surface area (Å²) in [6.07, 6.45) is 1.04. The van der Waals surface area contributed by atoms with Crippen molar-refractivity contribution in [1.29, 1.82) is 0 Å². The van der Waals surface area contributed by atoms with Crippen LogP contribution in [-0.4, -0.2) is 31.1 Å². The summed E-state index contributed by atoms with van der Waals surface area (Å²) in [5, 5.41) is 3.56. The lowest BCUT2D eigenvalue weighted by atomic mass is 9.95. The molecule has 1 aromatic rings. The van der Waals surface area contributed by atoms with E-state index in [1.165, 1.54) is 0 Å². The van der Waals surface area contributed by atoms with E-state index < -0.39 is 0 Å². The number of halogens is 3. The molecule has 114 valence electrons. The summed E-state index contributed by atoms with van der Waals surface area (Å²) in [6, 6.07) is 5.51. The lowest BCUT2D eigenvalue weighted by Crippen LogP contribution is -2.45. The minimum atomic E-state index is -0.317. The number of piperazine rings is 1. The molecule has 1 fully saturated rings. The second kappa shape index (κ2) is 8.18. The van der Waals surface area contributed by atoms with Crippen LogP contribution in [0.2, 0.25) is 5.02 Å². The minimum Gasteiger partial charge on any atom is -0.314 e. The SMILES string of the molecule is CC(C)C[C@@H](c1ccc(Cl)c(F)c1)N1CCNCC1.Cl. The van der Waals surface area contributed by atoms with Crippen LogP contribution in [0.15, 0.2) is 18.2 Å². The maximum Gasteiger partial charge on any atom is 0.142 e. The van der Waals surface area contributed by atoms with Crippen molar-refractivity contribution < 1.29 is 4.39 Å². The van der Waals surface area contributed by atoms with Gasteiger partial charge in [0.15, 0.2) is 0 Å². The zero-order valence-electron chi connectivity index (χ0n) is 12.0. The Kier molecular flexibility index (Phi) is 7.24. The fourth-order valence-electron chi connectivity index (χ4n) is 2.66. The molecule has 1 aromatic carbocycles. The van der Waals surface area contributed by atoms with Gasteiger partial charge in [-0.2, -0.15) is 0 Å². The molecule has 0 radical (unpaired) electrons. The Hall–Kier alpha value is -0.350. The molecule has 1 heterocycles. The van der Waals surface area contributed by atoms with Crippen LogP contribution in [0.5, 0.6) is 0 Å². The molecule has 1 atom stereocenters. The van der Waals surface area contributed by atoms with Gasteiger partial charge in [0.2, 0.25) is 0 Å². The molecule has 2 rings (SSSR count). The molecule has 5 heteroatoms. The summed E-state index contributed by atoms with van der Waals surface area (Å²) in [5.41, 5.74) is 1.04. The maximum atomic E-state index is 13.7. The summed E-state index contributed by atoms with van der Waals surface area (Å²) < 4.78 is 13.7. The van der Waals surface area contributed by atoms with E-state index in [1.54, 1.807) is 12.1 Å². The first-order valence-corrected chi connectivity index (χ1v) is 7.35. The highest BCUT2D eigenvalue weighted by Gasteiger charge is 2.23. The molecule has 0 spiro atoms. The van der Waals surface area contributed by atoms with Gasteiger partial charge < -0.3 is 5.32 Å². The van der Waals surface area contributed by atoms with Gasteiger partial charge in [-0.15, -0.1) is 12.4 Å². The van der Waals surface area contributed by atoms with Crippen molar-refractivity contribution in [3.8, 4) is 0 Å². The number of hydrogen-bond acceptors (Lipinski definition) is 2. The fourth-order valence-corrected chi connectivity index (χ4v) is 2.77. The second-order valence-electron chi connectivity index (χ2n) is 5.60. The van der Waals surface area contributed by atoms with Crippen molar-refractivity contribution >= 4 is 24.0 Å². The third-order valence-electron chi connectivity index (χ3n) is 3.62. The molecule has 0 saturated carbocycles. The number of nitrogens with one attached hydrogen (secondary N) is 1. The quantitative estimate of drug-likeness (QED) is 0.905. The van der Waals surface area contributed by atoms with Gasteiger partial charge >= 0.3 is 0 Å². The first-order valence-electron chi connectivity index (χ1n) is 6.97. The van der Waals surface area contributed by atoms with E-state index in [4.69, 9.17) is 11.6 Å². The molecule has 1 N–H and O–H groups in total. The summed E-state index contributed by atoms with van der Waals surface area (Å²) >= 11 is 5.78. The van der Waals surface area contributed by atoms with Gasteiger partial charge in [0.05, 0.1) is 5.02 Å². The molecule has 0 unspecified atom stereocenters. The highest BCUT2D eigenvalue weighted by Crippen LogP contribution is 2.30. The third-order valence-corrected chi connectivity index (χ3v) is 3.92. The molecule has 1 saturated heterocycles. The van der Waals surface area contributed by atoms with Crippen LogP contribution < -0.4 is 5.32 Å². The van der Waals surface area contributed by atoms with Gasteiger partial charge in [0.1, 0.15) is 5.82 Å². The van der Waals surface area contributed by atoms with Crippen LogP contribution in [0.3, 0.4) is 0 Å². The molecule has 0 aliphatic carbocycles. The first kappa shape index (κ1) is 17.7. The van der Waals surface area contributed by atoms with E-state index in [0.29, 0.717) is 5.92 Å². The lowest BCUT2D eigenvalue weighted by Gasteiger charge is -2.36. The van der Waals surface area contributed by atoms with Crippen LogP contribution in [-0.2, 0) is 0 Å². The molecule has 1 aliphatic heterocycles. The van der Waals surface area contributed by atoms with Gasteiger partial charge in [-0.1, -0.05) is 31.5 Å². The van der Waals surface area contributed by atoms with Gasteiger partial charge in [0.25, 0.3) is 0 Å². The third kappa shape index (κ3) is 4.59. The van der Waals surface area contributed by atoms with Crippen molar-refractivity contribution in [1.82, 2.24) is 10.2 Å². The zero-order chi connectivity index (χ0) is 13.8. The van der Waals surface area contributed by atoms with Crippen LogP contribution in [0.4, 0.5) is 4.39 Å². The van der Waals surface area contributed by atoms with Gasteiger partial charge in [-0.05, 0) is 30.0 Å². The van der Waals surface area contributed by atoms with E-state index in [2.05, 4.69) is 24.1 Å². The summed E-state index contributed by atoms with van der Waals surface area (Å²) in [6.45, 7) is 8.46. The predicted octanol–water partition coefficient (Wildman–Crippen LogP) is 3.89. The number of benzene rings is 1. The smallest absolute Gasteiger partial charge is 0.142 e. The molecule has 0 aromatic heterocycles. The van der Waals surface area contributed by atoms with Crippen LogP contribution in [0, 0.1) is 11.7 Å². The van der Waals surface area contributed by atoms with E-state index >= 15 is 0 Å². The van der Waals surface area contributed by atoms with Crippen LogP contribution in [0.25, 0.3) is 0 Å². The highest BCUT2D eigenvalue weighted by atomic mass is 35.5. The zero-order valence-corrected chi connectivity index (χ0v) is 13.6. The van der Waals surface area contributed by atoms with Crippen molar-refractivity contribution in [3.63, 3.8) is 0 Å². The molecule has 2 nitrogen and oxygen atoms in total. The lowest BCUT2D eigenvalue weighted by molar-refractivity contribution is 0.154. The van der Waals surface area contributed by atoms with Crippen molar-refractivity contribution in [2.24, 2.45) is 5.92 Å². The Bertz CT molecular complexity index is 420. The average molecular weight is 321 g/mol. The number of nitrogens with zero attached hydrogens (tertiary/aromatic N) is 1. The van der Waals surface area contributed by atoms with Crippen molar-refractivity contribution in [2.75, 3.05) is 26.2 Å². The molecular formula is C15H23Cl2FN2. The first-order chi connectivity index (χ1) is 9.08. The average Bonchev–Trinajstić information content (AvgIpc) is 2.40. The van der Waals surface area contributed by atoms with Gasteiger partial charge in [-0.3, -0.25) is 4.90 Å². The molecule has 0 amide bonds. The van der Waals surface area contributed by atoms with Crippen molar-refractivity contribution in [2.45, 2.75) is 26.3 Å². The second-order valence-corrected chi connectivity index (χ2v) is 6.01. The fraction of sp³-hybridized carbons (Fsp3) is 0.600. The Morgan fingerprint density at radius 1 is 1.30 bits per heavy atom. The predicted molar refractivity (Wildman–Crippen MR) is 85.3 cm³/mol. The normalized spacial score (nSPS) is 17.9. The van der Waals surface area contributed by atoms with E-state index in [0.717, 1.165) is 38.2 Å². The Morgan fingerprint density at radius 3 is 2.50 bits per heavy atom.